The number of amides is 1. The van der Waals surface area contributed by atoms with Crippen molar-refractivity contribution in [1.82, 2.24) is 14.8 Å². The minimum atomic E-state index is -0.486. The van der Waals surface area contributed by atoms with Crippen LogP contribution in [0.2, 0.25) is 0 Å². The molecule has 2 aromatic heterocycles. The molecular weight excluding hydrogens is 426 g/mol. The van der Waals surface area contributed by atoms with E-state index in [1.165, 1.54) is 24.3 Å². The molecule has 0 aliphatic heterocycles. The monoisotopic (exact) mass is 450 g/mol. The summed E-state index contributed by atoms with van der Waals surface area (Å²) in [5.41, 5.74) is 3.67. The number of halogens is 2. The first-order valence-corrected chi connectivity index (χ1v) is 10.7. The number of rotatable bonds is 7. The molecular formula is C25H24F2N4O2. The number of nitrogens with zero attached hydrogens (tertiary/aromatic N) is 3. The van der Waals surface area contributed by atoms with Crippen LogP contribution in [0.4, 0.5) is 14.5 Å². The molecule has 6 nitrogen and oxygen atoms in total. The van der Waals surface area contributed by atoms with Gasteiger partial charge in [0.1, 0.15) is 11.6 Å². The predicted octanol–water partition coefficient (Wildman–Crippen LogP) is 5.29. The van der Waals surface area contributed by atoms with Gasteiger partial charge in [0.2, 0.25) is 11.8 Å². The van der Waals surface area contributed by atoms with E-state index in [4.69, 9.17) is 9.72 Å². The summed E-state index contributed by atoms with van der Waals surface area (Å²) in [6.07, 6.45) is 0.481. The van der Waals surface area contributed by atoms with E-state index >= 15 is 0 Å². The van der Waals surface area contributed by atoms with Crippen LogP contribution in [0.15, 0.2) is 48.5 Å². The number of carbonyl (C=O) groups is 1. The lowest BCUT2D eigenvalue weighted by molar-refractivity contribution is -0.116. The van der Waals surface area contributed by atoms with Gasteiger partial charge in [-0.05, 0) is 63.1 Å². The first kappa shape index (κ1) is 22.4. The van der Waals surface area contributed by atoms with E-state index in [-0.39, 0.29) is 23.8 Å². The zero-order valence-corrected chi connectivity index (χ0v) is 18.7. The molecule has 0 saturated heterocycles. The number of para-hydroxylation sites is 1. The number of benzene rings is 2. The number of hydrogen-bond donors (Lipinski definition) is 1. The predicted molar refractivity (Wildman–Crippen MR) is 123 cm³/mol. The van der Waals surface area contributed by atoms with Gasteiger partial charge in [-0.2, -0.15) is 10.1 Å². The van der Waals surface area contributed by atoms with Gasteiger partial charge < -0.3 is 10.1 Å². The van der Waals surface area contributed by atoms with Crippen molar-refractivity contribution in [3.05, 3.63) is 77.0 Å². The van der Waals surface area contributed by atoms with Crippen LogP contribution < -0.4 is 10.1 Å². The summed E-state index contributed by atoms with van der Waals surface area (Å²) in [6, 6.07) is 12.2. The highest BCUT2D eigenvalue weighted by atomic mass is 19.1. The van der Waals surface area contributed by atoms with E-state index in [1.807, 2.05) is 20.8 Å². The Kier molecular flexibility index (Phi) is 6.35. The number of carbonyl (C=O) groups excluding carboxylic acids is 1. The van der Waals surface area contributed by atoms with Gasteiger partial charge in [-0.15, -0.1) is 0 Å². The van der Waals surface area contributed by atoms with Crippen molar-refractivity contribution < 1.29 is 18.3 Å². The van der Waals surface area contributed by atoms with Crippen LogP contribution in [-0.2, 0) is 11.2 Å². The van der Waals surface area contributed by atoms with Crippen LogP contribution >= 0.6 is 0 Å². The summed E-state index contributed by atoms with van der Waals surface area (Å²) in [4.78, 5) is 17.2. The number of nitrogens with one attached hydrogen (secondary N) is 1. The van der Waals surface area contributed by atoms with Crippen molar-refractivity contribution in [2.45, 2.75) is 33.6 Å². The van der Waals surface area contributed by atoms with Gasteiger partial charge in [0.05, 0.1) is 23.7 Å². The second kappa shape index (κ2) is 9.36. The fourth-order valence-corrected chi connectivity index (χ4v) is 3.88. The Morgan fingerprint density at radius 3 is 2.64 bits per heavy atom. The summed E-state index contributed by atoms with van der Waals surface area (Å²) in [7, 11) is 0. The van der Waals surface area contributed by atoms with Crippen LogP contribution in [0.25, 0.3) is 16.7 Å². The summed E-state index contributed by atoms with van der Waals surface area (Å²) < 4.78 is 35.1. The lowest BCUT2D eigenvalue weighted by atomic mass is 10.0. The molecule has 0 spiro atoms. The van der Waals surface area contributed by atoms with Crippen molar-refractivity contribution >= 4 is 22.6 Å². The van der Waals surface area contributed by atoms with Crippen LogP contribution in [0.3, 0.4) is 0 Å². The van der Waals surface area contributed by atoms with E-state index in [1.54, 1.807) is 28.9 Å². The molecule has 0 radical (unpaired) electrons. The van der Waals surface area contributed by atoms with Gasteiger partial charge in [-0.1, -0.05) is 18.2 Å². The second-order valence-electron chi connectivity index (χ2n) is 7.66. The molecule has 170 valence electrons. The van der Waals surface area contributed by atoms with Gasteiger partial charge in [0.15, 0.2) is 5.65 Å². The minimum absolute atomic E-state index is 0.125. The number of hydrogen-bond acceptors (Lipinski definition) is 4. The molecule has 0 aliphatic rings. The Labute approximate surface area is 190 Å². The summed E-state index contributed by atoms with van der Waals surface area (Å²) in [6.45, 7) is 6.04. The molecule has 0 fully saturated rings. The maximum Gasteiger partial charge on any atom is 0.224 e. The molecule has 0 unspecified atom stereocenters. The van der Waals surface area contributed by atoms with Crippen molar-refractivity contribution in [1.29, 1.82) is 0 Å². The van der Waals surface area contributed by atoms with Gasteiger partial charge in [-0.3, -0.25) is 4.79 Å². The number of anilines is 1. The van der Waals surface area contributed by atoms with Crippen LogP contribution in [0, 0.1) is 25.5 Å². The third kappa shape index (κ3) is 4.55. The summed E-state index contributed by atoms with van der Waals surface area (Å²) in [5.74, 6) is -0.762. The highest BCUT2D eigenvalue weighted by Gasteiger charge is 2.21. The van der Waals surface area contributed by atoms with Gasteiger partial charge in [-0.25, -0.2) is 13.5 Å². The van der Waals surface area contributed by atoms with Crippen LogP contribution in [-0.4, -0.2) is 27.3 Å². The van der Waals surface area contributed by atoms with Crippen molar-refractivity contribution in [3.63, 3.8) is 0 Å². The summed E-state index contributed by atoms with van der Waals surface area (Å²) >= 11 is 0. The summed E-state index contributed by atoms with van der Waals surface area (Å²) in [5, 5.41) is 8.01. The first-order valence-electron chi connectivity index (χ1n) is 10.7. The van der Waals surface area contributed by atoms with Crippen molar-refractivity contribution in [3.8, 4) is 11.6 Å². The Balaban J connectivity index is 1.69. The molecule has 0 saturated carbocycles. The molecule has 0 atom stereocenters. The number of pyridine rings is 1. The maximum absolute atomic E-state index is 13.9. The van der Waals surface area contributed by atoms with E-state index in [0.29, 0.717) is 30.2 Å². The molecule has 2 heterocycles. The zero-order chi connectivity index (χ0) is 23.5. The second-order valence-corrected chi connectivity index (χ2v) is 7.66. The number of fused-ring (bicyclic) bond motifs is 1. The molecule has 33 heavy (non-hydrogen) atoms. The fraction of sp³-hybridized carbons (Fsp3) is 0.240. The first-order chi connectivity index (χ1) is 15.9. The number of aryl methyl sites for hydroxylation is 2. The van der Waals surface area contributed by atoms with E-state index in [0.717, 1.165) is 22.2 Å². The molecule has 1 N–H and O–H groups in total. The SMILES string of the molecule is CCOc1nc2c(c(C)nn2-c2cccc(F)c2)c(C)c1CCC(=O)Nc1ccccc1F. The third-order valence-electron chi connectivity index (χ3n) is 5.41. The van der Waals surface area contributed by atoms with E-state index in [9.17, 15) is 13.6 Å². The number of aromatic nitrogens is 3. The Morgan fingerprint density at radius 2 is 1.91 bits per heavy atom. The Bertz CT molecular complexity index is 1330. The molecule has 0 aliphatic carbocycles. The topological polar surface area (TPSA) is 69.0 Å². The standard InChI is InChI=1S/C25H24F2N4O2/c1-4-33-25-19(12-13-22(32)28-21-11-6-5-10-20(21)27)15(2)23-16(3)30-31(24(23)29-25)18-9-7-8-17(26)14-18/h5-11,14H,4,12-13H2,1-3H3,(H,28,32). The number of ether oxygens (including phenoxy) is 1. The quantitative estimate of drug-likeness (QED) is 0.416. The average Bonchev–Trinajstić information content (AvgIpc) is 3.11. The van der Waals surface area contributed by atoms with Gasteiger partial charge >= 0.3 is 0 Å². The third-order valence-corrected chi connectivity index (χ3v) is 5.41. The van der Waals surface area contributed by atoms with E-state index in [2.05, 4.69) is 10.4 Å². The minimum Gasteiger partial charge on any atom is -0.478 e. The average molecular weight is 450 g/mol. The fourth-order valence-electron chi connectivity index (χ4n) is 3.88. The normalized spacial score (nSPS) is 11.1. The van der Waals surface area contributed by atoms with E-state index < -0.39 is 5.82 Å². The molecule has 1 amide bonds. The Morgan fingerprint density at radius 1 is 1.12 bits per heavy atom. The van der Waals surface area contributed by atoms with Gasteiger partial charge in [0.25, 0.3) is 0 Å². The maximum atomic E-state index is 13.9. The Hall–Kier alpha value is -3.81. The smallest absolute Gasteiger partial charge is 0.224 e. The molecule has 4 rings (SSSR count). The van der Waals surface area contributed by atoms with Crippen LogP contribution in [0.5, 0.6) is 5.88 Å². The molecule has 0 bridgehead atoms. The molecule has 8 heteroatoms. The van der Waals surface area contributed by atoms with Crippen molar-refractivity contribution in [2.24, 2.45) is 0 Å². The largest absolute Gasteiger partial charge is 0.478 e. The lowest BCUT2D eigenvalue weighted by Crippen LogP contribution is -2.14. The highest BCUT2D eigenvalue weighted by molar-refractivity contribution is 5.91. The van der Waals surface area contributed by atoms with Crippen LogP contribution in [0.1, 0.15) is 30.2 Å². The zero-order valence-electron chi connectivity index (χ0n) is 18.7. The highest BCUT2D eigenvalue weighted by Crippen LogP contribution is 2.32. The lowest BCUT2D eigenvalue weighted by Gasteiger charge is -2.14. The molecule has 2 aromatic carbocycles. The molecule has 4 aromatic rings. The van der Waals surface area contributed by atoms with Crippen molar-refractivity contribution in [2.75, 3.05) is 11.9 Å². The van der Waals surface area contributed by atoms with Gasteiger partial charge in [0, 0.05) is 17.4 Å².